The molecule has 0 aliphatic carbocycles. The molecule has 0 heterocycles. The van der Waals surface area contributed by atoms with Crippen molar-refractivity contribution in [3.8, 4) is 0 Å². The van der Waals surface area contributed by atoms with Gasteiger partial charge in [-0.2, -0.15) is 0 Å². The van der Waals surface area contributed by atoms with Crippen LogP contribution in [-0.4, -0.2) is 44.3 Å². The summed E-state index contributed by atoms with van der Waals surface area (Å²) in [7, 11) is -4.15. The van der Waals surface area contributed by atoms with E-state index in [4.69, 9.17) is 0 Å². The molecular weight excluding hydrogens is 638 g/mol. The standard InChI is InChI=1S/C35H38BrN3O4S/c1-5-37-35(41)33(22-28-11-7-6-8-12-28)38(23-29-16-18-30(36)19-17-29)34(40)24-39(32-13-9-10-26(3)27(32)4)44(42,43)31-20-14-25(2)15-21-31/h6-21,33H,5,22-24H2,1-4H3,(H,37,41)/t33-/m1/s1. The Labute approximate surface area is 269 Å². The largest absolute Gasteiger partial charge is 0.355 e. The van der Waals surface area contributed by atoms with Gasteiger partial charge in [-0.15, -0.1) is 0 Å². The highest BCUT2D eigenvalue weighted by atomic mass is 79.9. The molecule has 2 amide bonds. The molecule has 0 bridgehead atoms. The third kappa shape index (κ3) is 7.95. The summed E-state index contributed by atoms with van der Waals surface area (Å²) < 4.78 is 30.5. The van der Waals surface area contributed by atoms with Crippen molar-refractivity contribution in [3.05, 3.63) is 129 Å². The van der Waals surface area contributed by atoms with E-state index in [1.807, 2.05) is 88.4 Å². The number of hydrogen-bond acceptors (Lipinski definition) is 4. The van der Waals surface area contributed by atoms with Gasteiger partial charge in [-0.25, -0.2) is 8.42 Å². The maximum atomic E-state index is 14.5. The minimum atomic E-state index is -4.15. The quantitative estimate of drug-likeness (QED) is 0.190. The Kier molecular flexibility index (Phi) is 11.0. The molecule has 0 saturated carbocycles. The molecule has 0 saturated heterocycles. The van der Waals surface area contributed by atoms with E-state index >= 15 is 0 Å². The van der Waals surface area contributed by atoms with Crippen molar-refractivity contribution in [2.45, 2.75) is 51.6 Å². The number of benzene rings is 4. The van der Waals surface area contributed by atoms with Crippen LogP contribution in [0, 0.1) is 20.8 Å². The highest BCUT2D eigenvalue weighted by Gasteiger charge is 2.35. The second-order valence-electron chi connectivity index (χ2n) is 10.8. The first-order valence-electron chi connectivity index (χ1n) is 14.5. The zero-order chi connectivity index (χ0) is 31.9. The topological polar surface area (TPSA) is 86.8 Å². The van der Waals surface area contributed by atoms with Crippen molar-refractivity contribution in [1.82, 2.24) is 10.2 Å². The molecule has 1 atom stereocenters. The zero-order valence-electron chi connectivity index (χ0n) is 25.5. The number of sulfonamides is 1. The van der Waals surface area contributed by atoms with Gasteiger partial charge < -0.3 is 10.2 Å². The van der Waals surface area contributed by atoms with Crippen molar-refractivity contribution < 1.29 is 18.0 Å². The molecule has 230 valence electrons. The lowest BCUT2D eigenvalue weighted by molar-refractivity contribution is -0.140. The van der Waals surface area contributed by atoms with Gasteiger partial charge in [0.1, 0.15) is 12.6 Å². The van der Waals surface area contributed by atoms with Gasteiger partial charge in [0.15, 0.2) is 0 Å². The minimum Gasteiger partial charge on any atom is -0.355 e. The van der Waals surface area contributed by atoms with E-state index < -0.39 is 28.5 Å². The second kappa shape index (κ2) is 14.7. The van der Waals surface area contributed by atoms with E-state index in [0.29, 0.717) is 12.2 Å². The van der Waals surface area contributed by atoms with Crippen LogP contribution in [0.2, 0.25) is 0 Å². The molecular formula is C35H38BrN3O4S. The van der Waals surface area contributed by atoms with E-state index in [0.717, 1.165) is 32.3 Å². The highest BCUT2D eigenvalue weighted by Crippen LogP contribution is 2.29. The molecule has 1 N–H and O–H groups in total. The van der Waals surface area contributed by atoms with Crippen LogP contribution in [0.1, 0.15) is 34.7 Å². The Bertz CT molecular complexity index is 1690. The third-order valence-electron chi connectivity index (χ3n) is 7.62. The molecule has 7 nitrogen and oxygen atoms in total. The fraction of sp³-hybridized carbons (Fsp3) is 0.257. The Morgan fingerprint density at radius 2 is 1.48 bits per heavy atom. The summed E-state index contributed by atoms with van der Waals surface area (Å²) in [6.45, 7) is 7.49. The molecule has 0 spiro atoms. The predicted octanol–water partition coefficient (Wildman–Crippen LogP) is 6.35. The lowest BCUT2D eigenvalue weighted by Gasteiger charge is -2.34. The van der Waals surface area contributed by atoms with Gasteiger partial charge in [0.05, 0.1) is 10.6 Å². The molecule has 4 rings (SSSR count). The summed E-state index contributed by atoms with van der Waals surface area (Å²) in [5.41, 5.74) is 4.68. The maximum Gasteiger partial charge on any atom is 0.264 e. The summed E-state index contributed by atoms with van der Waals surface area (Å²) in [5.74, 6) is -0.793. The molecule has 44 heavy (non-hydrogen) atoms. The van der Waals surface area contributed by atoms with Crippen molar-refractivity contribution in [2.75, 3.05) is 17.4 Å². The number of hydrogen-bond donors (Lipinski definition) is 1. The first kappa shape index (κ1) is 33.0. The van der Waals surface area contributed by atoms with Crippen molar-refractivity contribution in [2.24, 2.45) is 0 Å². The van der Waals surface area contributed by atoms with Crippen LogP contribution in [0.3, 0.4) is 0 Å². The van der Waals surface area contributed by atoms with Crippen LogP contribution in [0.4, 0.5) is 5.69 Å². The minimum absolute atomic E-state index is 0.0841. The smallest absolute Gasteiger partial charge is 0.264 e. The van der Waals surface area contributed by atoms with Crippen LogP contribution in [0.15, 0.2) is 106 Å². The number of aryl methyl sites for hydroxylation is 2. The summed E-state index contributed by atoms with van der Waals surface area (Å²) in [6.07, 6.45) is 0.267. The summed E-state index contributed by atoms with van der Waals surface area (Å²) in [6, 6.07) is 28.1. The maximum absolute atomic E-state index is 14.5. The number of amides is 2. The van der Waals surface area contributed by atoms with Gasteiger partial charge in [-0.05, 0) is 80.3 Å². The fourth-order valence-electron chi connectivity index (χ4n) is 4.99. The monoisotopic (exact) mass is 675 g/mol. The number of nitrogens with zero attached hydrogens (tertiary/aromatic N) is 2. The molecule has 0 aliphatic heterocycles. The Balaban J connectivity index is 1.82. The van der Waals surface area contributed by atoms with Gasteiger partial charge in [-0.3, -0.25) is 13.9 Å². The number of carbonyl (C=O) groups is 2. The number of rotatable bonds is 12. The van der Waals surface area contributed by atoms with Gasteiger partial charge in [0.2, 0.25) is 11.8 Å². The van der Waals surface area contributed by atoms with Gasteiger partial charge in [-0.1, -0.05) is 88.2 Å². The highest BCUT2D eigenvalue weighted by molar-refractivity contribution is 9.10. The van der Waals surface area contributed by atoms with E-state index in [9.17, 15) is 18.0 Å². The van der Waals surface area contributed by atoms with E-state index in [2.05, 4.69) is 21.2 Å². The summed E-state index contributed by atoms with van der Waals surface area (Å²) in [4.78, 5) is 29.7. The van der Waals surface area contributed by atoms with Crippen LogP contribution < -0.4 is 9.62 Å². The van der Waals surface area contributed by atoms with Crippen LogP contribution in [0.5, 0.6) is 0 Å². The lowest BCUT2D eigenvalue weighted by Crippen LogP contribution is -2.53. The van der Waals surface area contributed by atoms with E-state index in [1.165, 1.54) is 9.21 Å². The van der Waals surface area contributed by atoms with Crippen LogP contribution in [0.25, 0.3) is 0 Å². The Morgan fingerprint density at radius 3 is 2.11 bits per heavy atom. The molecule has 0 aromatic heterocycles. The Morgan fingerprint density at radius 1 is 0.818 bits per heavy atom. The van der Waals surface area contributed by atoms with Crippen LogP contribution >= 0.6 is 15.9 Å². The number of nitrogens with one attached hydrogen (secondary N) is 1. The molecule has 0 aliphatic rings. The zero-order valence-corrected chi connectivity index (χ0v) is 27.9. The number of halogens is 1. The average Bonchev–Trinajstić information content (AvgIpc) is 3.01. The first-order valence-corrected chi connectivity index (χ1v) is 16.8. The number of anilines is 1. The molecule has 4 aromatic carbocycles. The van der Waals surface area contributed by atoms with Crippen molar-refractivity contribution >= 4 is 43.5 Å². The molecule has 0 fully saturated rings. The van der Waals surface area contributed by atoms with E-state index in [1.54, 1.807) is 36.4 Å². The van der Waals surface area contributed by atoms with Gasteiger partial charge in [0, 0.05) is 24.0 Å². The summed E-state index contributed by atoms with van der Waals surface area (Å²) >= 11 is 3.46. The Hall–Kier alpha value is -3.95. The second-order valence-corrected chi connectivity index (χ2v) is 13.6. The van der Waals surface area contributed by atoms with Crippen molar-refractivity contribution in [1.29, 1.82) is 0 Å². The average molecular weight is 677 g/mol. The van der Waals surface area contributed by atoms with Crippen molar-refractivity contribution in [3.63, 3.8) is 0 Å². The number of likely N-dealkylation sites (N-methyl/N-ethyl adjacent to an activating group) is 1. The lowest BCUT2D eigenvalue weighted by atomic mass is 10.0. The number of carbonyl (C=O) groups excluding carboxylic acids is 2. The third-order valence-corrected chi connectivity index (χ3v) is 9.92. The normalized spacial score (nSPS) is 11.9. The SMILES string of the molecule is CCNC(=O)[C@@H](Cc1ccccc1)N(Cc1ccc(Br)cc1)C(=O)CN(c1cccc(C)c1C)S(=O)(=O)c1ccc(C)cc1. The fourth-order valence-corrected chi connectivity index (χ4v) is 6.73. The van der Waals surface area contributed by atoms with Crippen LogP contribution in [-0.2, 0) is 32.6 Å². The summed E-state index contributed by atoms with van der Waals surface area (Å²) in [5, 5.41) is 2.89. The molecule has 4 aromatic rings. The first-order chi connectivity index (χ1) is 21.0. The predicted molar refractivity (Wildman–Crippen MR) is 179 cm³/mol. The molecule has 0 radical (unpaired) electrons. The molecule has 0 unspecified atom stereocenters. The van der Waals surface area contributed by atoms with Gasteiger partial charge in [0.25, 0.3) is 10.0 Å². The van der Waals surface area contributed by atoms with Gasteiger partial charge >= 0.3 is 0 Å². The van der Waals surface area contributed by atoms with E-state index in [-0.39, 0.29) is 23.8 Å². The molecule has 9 heteroatoms.